The van der Waals surface area contributed by atoms with Gasteiger partial charge in [0.2, 0.25) is 0 Å². The second kappa shape index (κ2) is 7.10. The number of rotatable bonds is 5. The Bertz CT molecular complexity index is 863. The van der Waals surface area contributed by atoms with Crippen molar-refractivity contribution in [1.29, 1.82) is 0 Å². The van der Waals surface area contributed by atoms with Crippen molar-refractivity contribution in [1.82, 2.24) is 20.2 Å². The smallest absolute Gasteiger partial charge is 0.181 e. The zero-order chi connectivity index (χ0) is 16.9. The van der Waals surface area contributed by atoms with E-state index in [2.05, 4.69) is 20.8 Å². The Morgan fingerprint density at radius 2 is 2.00 bits per heavy atom. The molecule has 0 aliphatic heterocycles. The first-order valence-corrected chi connectivity index (χ1v) is 7.36. The molecule has 1 heterocycles. The number of tetrazole rings is 1. The van der Waals surface area contributed by atoms with E-state index in [-0.39, 0.29) is 0 Å². The summed E-state index contributed by atoms with van der Waals surface area (Å²) in [5, 5.41) is 14.7. The summed E-state index contributed by atoms with van der Waals surface area (Å²) in [6.45, 7) is 0. The maximum Gasteiger partial charge on any atom is 0.181 e. The first-order chi connectivity index (χ1) is 11.7. The average Bonchev–Trinajstić information content (AvgIpc) is 3.05. The molecule has 6 nitrogen and oxygen atoms in total. The fraction of sp³-hybridized carbons (Fsp3) is 0.0625. The number of halogens is 2. The van der Waals surface area contributed by atoms with E-state index < -0.39 is 5.82 Å². The van der Waals surface area contributed by atoms with Crippen LogP contribution in [0.4, 0.5) is 10.1 Å². The van der Waals surface area contributed by atoms with Crippen molar-refractivity contribution >= 4 is 23.4 Å². The molecule has 0 fully saturated rings. The first-order valence-electron chi connectivity index (χ1n) is 6.98. The maximum atomic E-state index is 13.7. The molecule has 122 valence electrons. The standard InChI is InChI=1S/C16H13ClFN5O/c1-24-13-5-3-12(4-6-13)23-16(20-21-22-23)8-9-19-15-7-2-11(17)10-14(15)18/h2-10,19H,1H3/b9-8+. The summed E-state index contributed by atoms with van der Waals surface area (Å²) < 4.78 is 20.4. The van der Waals surface area contributed by atoms with E-state index in [1.54, 1.807) is 36.2 Å². The number of hydrogen-bond donors (Lipinski definition) is 1. The quantitative estimate of drug-likeness (QED) is 0.766. The van der Waals surface area contributed by atoms with Gasteiger partial charge in [-0.1, -0.05) is 11.6 Å². The summed E-state index contributed by atoms with van der Waals surface area (Å²) in [7, 11) is 1.60. The van der Waals surface area contributed by atoms with Crippen LogP contribution in [-0.4, -0.2) is 27.3 Å². The van der Waals surface area contributed by atoms with Gasteiger partial charge in [0.15, 0.2) is 5.82 Å². The van der Waals surface area contributed by atoms with Gasteiger partial charge in [0.1, 0.15) is 11.6 Å². The number of anilines is 1. The van der Waals surface area contributed by atoms with Crippen LogP contribution in [0.15, 0.2) is 48.7 Å². The lowest BCUT2D eigenvalue weighted by molar-refractivity contribution is 0.414. The molecular weight excluding hydrogens is 333 g/mol. The maximum absolute atomic E-state index is 13.7. The number of benzene rings is 2. The van der Waals surface area contributed by atoms with Crippen LogP contribution in [0.2, 0.25) is 5.02 Å². The van der Waals surface area contributed by atoms with Crippen LogP contribution in [-0.2, 0) is 0 Å². The van der Waals surface area contributed by atoms with Gasteiger partial charge in [-0.15, -0.1) is 5.10 Å². The Morgan fingerprint density at radius 1 is 1.21 bits per heavy atom. The minimum atomic E-state index is -0.443. The molecule has 0 saturated carbocycles. The van der Waals surface area contributed by atoms with Crippen LogP contribution in [0, 0.1) is 5.82 Å². The second-order valence-electron chi connectivity index (χ2n) is 4.75. The summed E-state index contributed by atoms with van der Waals surface area (Å²) in [4.78, 5) is 0. The predicted octanol–water partition coefficient (Wildman–Crippen LogP) is 3.55. The van der Waals surface area contributed by atoms with E-state index >= 15 is 0 Å². The third-order valence-corrected chi connectivity index (χ3v) is 3.45. The molecule has 0 aliphatic rings. The van der Waals surface area contributed by atoms with Crippen LogP contribution >= 0.6 is 11.6 Å². The lowest BCUT2D eigenvalue weighted by Crippen LogP contribution is -2.00. The molecule has 3 rings (SSSR count). The molecule has 0 saturated heterocycles. The molecule has 2 aromatic carbocycles. The van der Waals surface area contributed by atoms with E-state index in [9.17, 15) is 4.39 Å². The summed E-state index contributed by atoms with van der Waals surface area (Å²) >= 11 is 5.72. The zero-order valence-corrected chi connectivity index (χ0v) is 13.4. The molecule has 3 aromatic rings. The van der Waals surface area contributed by atoms with E-state index in [1.165, 1.54) is 6.07 Å². The molecule has 0 atom stereocenters. The second-order valence-corrected chi connectivity index (χ2v) is 5.19. The lowest BCUT2D eigenvalue weighted by Gasteiger charge is -2.04. The van der Waals surface area contributed by atoms with E-state index in [1.807, 2.05) is 24.3 Å². The molecule has 24 heavy (non-hydrogen) atoms. The average molecular weight is 346 g/mol. The van der Waals surface area contributed by atoms with Crippen molar-refractivity contribution in [3.63, 3.8) is 0 Å². The topological polar surface area (TPSA) is 64.9 Å². The van der Waals surface area contributed by atoms with Gasteiger partial charge in [0.05, 0.1) is 18.5 Å². The van der Waals surface area contributed by atoms with Gasteiger partial charge in [-0.3, -0.25) is 0 Å². The van der Waals surface area contributed by atoms with Gasteiger partial charge < -0.3 is 10.1 Å². The van der Waals surface area contributed by atoms with E-state index in [4.69, 9.17) is 16.3 Å². The van der Waals surface area contributed by atoms with Crippen LogP contribution in [0.1, 0.15) is 5.82 Å². The van der Waals surface area contributed by atoms with Gasteiger partial charge in [-0.05, 0) is 52.9 Å². The van der Waals surface area contributed by atoms with Gasteiger partial charge in [-0.25, -0.2) is 4.39 Å². The molecule has 0 bridgehead atoms. The Hall–Kier alpha value is -2.93. The van der Waals surface area contributed by atoms with Gasteiger partial charge in [0.25, 0.3) is 0 Å². The highest BCUT2D eigenvalue weighted by Crippen LogP contribution is 2.19. The van der Waals surface area contributed by atoms with Crippen LogP contribution in [0.5, 0.6) is 5.75 Å². The largest absolute Gasteiger partial charge is 0.497 e. The summed E-state index contributed by atoms with van der Waals surface area (Å²) in [6.07, 6.45) is 3.19. The molecule has 0 radical (unpaired) electrons. The van der Waals surface area contributed by atoms with Crippen molar-refractivity contribution in [2.24, 2.45) is 0 Å². The van der Waals surface area contributed by atoms with Gasteiger partial charge in [-0.2, -0.15) is 4.68 Å². The predicted molar refractivity (Wildman–Crippen MR) is 89.8 cm³/mol. The molecule has 1 aromatic heterocycles. The summed E-state index contributed by atoms with van der Waals surface area (Å²) in [6, 6.07) is 11.7. The zero-order valence-electron chi connectivity index (χ0n) is 12.6. The SMILES string of the molecule is COc1ccc(-n2nnnc2/C=C/Nc2ccc(Cl)cc2F)cc1. The highest BCUT2D eigenvalue weighted by atomic mass is 35.5. The Morgan fingerprint density at radius 3 is 2.71 bits per heavy atom. The Balaban J connectivity index is 1.77. The number of ether oxygens (including phenoxy) is 1. The van der Waals surface area contributed by atoms with Crippen LogP contribution < -0.4 is 10.1 Å². The van der Waals surface area contributed by atoms with Crippen molar-refractivity contribution in [3.8, 4) is 11.4 Å². The highest BCUT2D eigenvalue weighted by Gasteiger charge is 2.06. The summed E-state index contributed by atoms with van der Waals surface area (Å²) in [5.41, 5.74) is 1.08. The van der Waals surface area contributed by atoms with Crippen molar-refractivity contribution in [2.75, 3.05) is 12.4 Å². The minimum Gasteiger partial charge on any atom is -0.497 e. The number of nitrogens with zero attached hydrogens (tertiary/aromatic N) is 4. The molecule has 0 amide bonds. The lowest BCUT2D eigenvalue weighted by atomic mass is 10.3. The van der Waals surface area contributed by atoms with E-state index in [0.29, 0.717) is 16.5 Å². The molecule has 0 spiro atoms. The molecule has 8 heteroatoms. The van der Waals surface area contributed by atoms with Crippen LogP contribution in [0.3, 0.4) is 0 Å². The fourth-order valence-electron chi connectivity index (χ4n) is 2.02. The highest BCUT2D eigenvalue weighted by molar-refractivity contribution is 6.30. The van der Waals surface area contributed by atoms with Crippen molar-refractivity contribution in [2.45, 2.75) is 0 Å². The number of hydrogen-bond acceptors (Lipinski definition) is 5. The Kier molecular flexibility index (Phi) is 4.72. The van der Waals surface area contributed by atoms with Crippen LogP contribution in [0.25, 0.3) is 11.8 Å². The number of aromatic nitrogens is 4. The monoisotopic (exact) mass is 345 g/mol. The van der Waals surface area contributed by atoms with Crippen molar-refractivity contribution < 1.29 is 9.13 Å². The number of nitrogens with one attached hydrogen (secondary N) is 1. The van der Waals surface area contributed by atoms with Crippen molar-refractivity contribution in [3.05, 3.63) is 65.3 Å². The van der Waals surface area contributed by atoms with Gasteiger partial charge in [0, 0.05) is 17.3 Å². The summed E-state index contributed by atoms with van der Waals surface area (Å²) in [5.74, 6) is 0.785. The van der Waals surface area contributed by atoms with E-state index in [0.717, 1.165) is 11.4 Å². The van der Waals surface area contributed by atoms with Gasteiger partial charge >= 0.3 is 0 Å². The fourth-order valence-corrected chi connectivity index (χ4v) is 2.18. The Labute approximate surface area is 142 Å². The third kappa shape index (κ3) is 3.52. The number of methoxy groups -OCH3 is 1. The molecular formula is C16H13ClFN5O. The molecule has 0 aliphatic carbocycles. The first kappa shape index (κ1) is 15.9. The third-order valence-electron chi connectivity index (χ3n) is 3.21. The molecule has 0 unspecified atom stereocenters. The molecule has 1 N–H and O–H groups in total. The minimum absolute atomic E-state index is 0.305. The normalized spacial score (nSPS) is 11.0.